The molecule has 7 heteroatoms. The molecule has 1 atom stereocenters. The Bertz CT molecular complexity index is 748. The summed E-state index contributed by atoms with van der Waals surface area (Å²) >= 11 is 5.87. The quantitative estimate of drug-likeness (QED) is 0.659. The fraction of sp³-hybridized carbons (Fsp3) is 0.0714. The molecule has 0 aromatic heterocycles. The van der Waals surface area contributed by atoms with Crippen LogP contribution >= 0.6 is 11.6 Å². The lowest BCUT2D eigenvalue weighted by atomic mass is 10.0. The van der Waals surface area contributed by atoms with Gasteiger partial charge in [0.1, 0.15) is 6.17 Å². The number of para-hydroxylation sites is 1. The van der Waals surface area contributed by atoms with Crippen molar-refractivity contribution in [3.8, 4) is 0 Å². The van der Waals surface area contributed by atoms with Gasteiger partial charge in [-0.15, -0.1) is 0 Å². The number of nitro benzene ring substituents is 1. The van der Waals surface area contributed by atoms with Gasteiger partial charge in [0.05, 0.1) is 16.1 Å². The molecule has 2 aromatic rings. The van der Waals surface area contributed by atoms with Gasteiger partial charge in [-0.05, 0) is 24.3 Å². The van der Waals surface area contributed by atoms with E-state index in [9.17, 15) is 14.9 Å². The Hall–Kier alpha value is -2.60. The molecule has 0 aliphatic carbocycles. The summed E-state index contributed by atoms with van der Waals surface area (Å²) in [7, 11) is 0. The van der Waals surface area contributed by atoms with Crippen LogP contribution in [0.4, 0.5) is 11.4 Å². The van der Waals surface area contributed by atoms with Crippen molar-refractivity contribution in [1.29, 1.82) is 0 Å². The smallest absolute Gasteiger partial charge is 0.276 e. The number of hydrogen-bond donors (Lipinski definition) is 2. The number of halogens is 1. The summed E-state index contributed by atoms with van der Waals surface area (Å²) in [4.78, 5) is 22.7. The van der Waals surface area contributed by atoms with Crippen LogP contribution in [0.25, 0.3) is 0 Å². The van der Waals surface area contributed by atoms with Crippen molar-refractivity contribution >= 4 is 28.9 Å². The monoisotopic (exact) mass is 303 g/mol. The molecule has 0 radical (unpaired) electrons. The molecule has 0 saturated heterocycles. The van der Waals surface area contributed by atoms with Gasteiger partial charge in [0.2, 0.25) is 0 Å². The number of benzene rings is 2. The van der Waals surface area contributed by atoms with E-state index in [1.807, 2.05) is 0 Å². The van der Waals surface area contributed by atoms with E-state index >= 15 is 0 Å². The maximum atomic E-state index is 12.1. The summed E-state index contributed by atoms with van der Waals surface area (Å²) in [5.41, 5.74) is 1.35. The largest absolute Gasteiger partial charge is 0.361 e. The van der Waals surface area contributed by atoms with E-state index in [2.05, 4.69) is 10.6 Å². The number of carbonyl (C=O) groups is 1. The summed E-state index contributed by atoms with van der Waals surface area (Å²) in [6, 6.07) is 11.2. The number of hydrogen-bond acceptors (Lipinski definition) is 4. The lowest BCUT2D eigenvalue weighted by molar-refractivity contribution is -0.385. The normalized spacial score (nSPS) is 16.6. The molecule has 0 fully saturated rings. The van der Waals surface area contributed by atoms with Gasteiger partial charge >= 0.3 is 0 Å². The summed E-state index contributed by atoms with van der Waals surface area (Å²) in [6.45, 7) is 0. The number of fused-ring (bicyclic) bond motifs is 1. The van der Waals surface area contributed by atoms with Crippen LogP contribution in [0.3, 0.4) is 0 Å². The van der Waals surface area contributed by atoms with Crippen LogP contribution < -0.4 is 10.6 Å². The Morgan fingerprint density at radius 3 is 2.67 bits per heavy atom. The highest BCUT2D eigenvalue weighted by atomic mass is 35.5. The predicted octanol–water partition coefficient (Wildman–Crippen LogP) is 3.10. The van der Waals surface area contributed by atoms with Crippen molar-refractivity contribution in [2.45, 2.75) is 6.17 Å². The number of nitrogens with one attached hydrogen (secondary N) is 2. The Kier molecular flexibility index (Phi) is 3.23. The van der Waals surface area contributed by atoms with Gasteiger partial charge in [-0.2, -0.15) is 0 Å². The minimum atomic E-state index is -0.659. The highest BCUT2D eigenvalue weighted by Gasteiger charge is 2.29. The van der Waals surface area contributed by atoms with Crippen LogP contribution in [-0.4, -0.2) is 10.8 Å². The summed E-state index contributed by atoms with van der Waals surface area (Å²) in [6.07, 6.45) is -0.659. The van der Waals surface area contributed by atoms with Gasteiger partial charge in [-0.3, -0.25) is 14.9 Å². The highest BCUT2D eigenvalue weighted by molar-refractivity contribution is 6.31. The average molecular weight is 304 g/mol. The third kappa shape index (κ3) is 2.41. The molecule has 1 heterocycles. The van der Waals surface area contributed by atoms with Crippen molar-refractivity contribution in [2.75, 3.05) is 5.32 Å². The Labute approximate surface area is 124 Å². The molecule has 2 N–H and O–H groups in total. The first kappa shape index (κ1) is 13.4. The van der Waals surface area contributed by atoms with Crippen LogP contribution in [0, 0.1) is 10.1 Å². The highest BCUT2D eigenvalue weighted by Crippen LogP contribution is 2.32. The minimum absolute atomic E-state index is 0.0484. The Morgan fingerprint density at radius 1 is 1.14 bits per heavy atom. The standard InChI is InChI=1S/C14H10ClN3O3/c15-8-5-6-11-10(7-8)14(19)17-13(16-11)9-3-1-2-4-12(9)18(20)21/h1-7,13,16H,(H,17,19). The van der Waals surface area contributed by atoms with E-state index in [0.29, 0.717) is 21.8 Å². The minimum Gasteiger partial charge on any atom is -0.361 e. The van der Waals surface area contributed by atoms with Crippen LogP contribution in [0.15, 0.2) is 42.5 Å². The number of nitrogens with zero attached hydrogens (tertiary/aromatic N) is 1. The summed E-state index contributed by atoms with van der Waals surface area (Å²) in [5, 5.41) is 17.3. The maximum absolute atomic E-state index is 12.1. The second kappa shape index (κ2) is 5.06. The molecule has 1 unspecified atom stereocenters. The number of anilines is 1. The van der Waals surface area contributed by atoms with Gasteiger partial charge in [-0.25, -0.2) is 0 Å². The number of nitro groups is 1. The van der Waals surface area contributed by atoms with E-state index in [-0.39, 0.29) is 11.6 Å². The summed E-state index contributed by atoms with van der Waals surface area (Å²) < 4.78 is 0. The second-order valence-electron chi connectivity index (χ2n) is 4.56. The topological polar surface area (TPSA) is 84.3 Å². The molecule has 1 amide bonds. The Morgan fingerprint density at radius 2 is 1.90 bits per heavy atom. The third-order valence-electron chi connectivity index (χ3n) is 3.25. The molecule has 1 aliphatic rings. The maximum Gasteiger partial charge on any atom is 0.276 e. The first-order valence-corrected chi connectivity index (χ1v) is 6.54. The van der Waals surface area contributed by atoms with Gasteiger partial charge in [-0.1, -0.05) is 23.7 Å². The zero-order chi connectivity index (χ0) is 15.0. The van der Waals surface area contributed by atoms with Crippen molar-refractivity contribution in [2.24, 2.45) is 0 Å². The van der Waals surface area contributed by atoms with Gasteiger partial charge < -0.3 is 10.6 Å². The third-order valence-corrected chi connectivity index (χ3v) is 3.48. The number of amides is 1. The molecule has 1 aliphatic heterocycles. The van der Waals surface area contributed by atoms with Gasteiger partial charge in [0.25, 0.3) is 11.6 Å². The van der Waals surface area contributed by atoms with E-state index in [4.69, 9.17) is 11.6 Å². The van der Waals surface area contributed by atoms with Crippen LogP contribution in [0.1, 0.15) is 22.1 Å². The molecule has 0 saturated carbocycles. The molecule has 106 valence electrons. The fourth-order valence-electron chi connectivity index (χ4n) is 2.28. The molecule has 6 nitrogen and oxygen atoms in total. The molecular weight excluding hydrogens is 294 g/mol. The van der Waals surface area contributed by atoms with E-state index in [1.54, 1.807) is 36.4 Å². The van der Waals surface area contributed by atoms with Crippen molar-refractivity contribution in [3.63, 3.8) is 0 Å². The van der Waals surface area contributed by atoms with Crippen molar-refractivity contribution in [1.82, 2.24) is 5.32 Å². The number of rotatable bonds is 2. The molecule has 2 aromatic carbocycles. The SMILES string of the molecule is O=C1NC(c2ccccc2[N+](=O)[O-])Nc2ccc(Cl)cc21. The average Bonchev–Trinajstić information content (AvgIpc) is 2.47. The van der Waals surface area contributed by atoms with Crippen LogP contribution in [-0.2, 0) is 0 Å². The molecular formula is C14H10ClN3O3. The first-order chi connectivity index (χ1) is 10.1. The molecule has 21 heavy (non-hydrogen) atoms. The summed E-state index contributed by atoms with van der Waals surface area (Å²) in [5.74, 6) is -0.325. The lowest BCUT2D eigenvalue weighted by Gasteiger charge is -2.27. The van der Waals surface area contributed by atoms with Gasteiger partial charge in [0, 0.05) is 16.8 Å². The predicted molar refractivity (Wildman–Crippen MR) is 78.4 cm³/mol. The lowest BCUT2D eigenvalue weighted by Crippen LogP contribution is -2.38. The Balaban J connectivity index is 2.02. The number of carbonyl (C=O) groups excluding carboxylic acids is 1. The van der Waals surface area contributed by atoms with Crippen molar-refractivity contribution < 1.29 is 9.72 Å². The van der Waals surface area contributed by atoms with Gasteiger partial charge in [0.15, 0.2) is 0 Å². The molecule has 0 bridgehead atoms. The fourth-order valence-corrected chi connectivity index (χ4v) is 2.46. The molecule has 0 spiro atoms. The van der Waals surface area contributed by atoms with Crippen LogP contribution in [0.5, 0.6) is 0 Å². The second-order valence-corrected chi connectivity index (χ2v) is 4.99. The zero-order valence-electron chi connectivity index (χ0n) is 10.7. The van der Waals surface area contributed by atoms with Crippen molar-refractivity contribution in [3.05, 3.63) is 68.7 Å². The molecule has 3 rings (SSSR count). The zero-order valence-corrected chi connectivity index (χ0v) is 11.4. The van der Waals surface area contributed by atoms with E-state index in [1.165, 1.54) is 6.07 Å². The van der Waals surface area contributed by atoms with Crippen LogP contribution in [0.2, 0.25) is 5.02 Å². The van der Waals surface area contributed by atoms with E-state index < -0.39 is 11.1 Å². The van der Waals surface area contributed by atoms with E-state index in [0.717, 1.165) is 0 Å². The first-order valence-electron chi connectivity index (χ1n) is 6.16.